The van der Waals surface area contributed by atoms with Gasteiger partial charge in [0.1, 0.15) is 0 Å². The molecule has 1 unspecified atom stereocenters. The van der Waals surface area contributed by atoms with Crippen molar-refractivity contribution in [2.45, 2.75) is 32.7 Å². The van der Waals surface area contributed by atoms with Crippen molar-refractivity contribution < 1.29 is 8.78 Å². The Morgan fingerprint density at radius 2 is 1.95 bits per heavy atom. The van der Waals surface area contributed by atoms with Gasteiger partial charge in [0.2, 0.25) is 0 Å². The number of nitrogens with one attached hydrogen (secondary N) is 1. The van der Waals surface area contributed by atoms with Crippen molar-refractivity contribution >= 4 is 11.3 Å². The lowest BCUT2D eigenvalue weighted by molar-refractivity contribution is 0.501. The maximum atomic E-state index is 13.3. The number of aryl methyl sites for hydroxylation is 1. The molecule has 1 aromatic carbocycles. The second-order valence-corrected chi connectivity index (χ2v) is 6.23. The molecule has 0 bridgehead atoms. The number of benzene rings is 1. The van der Waals surface area contributed by atoms with E-state index in [1.54, 1.807) is 17.4 Å². The first-order valence-electron chi connectivity index (χ1n) is 6.83. The van der Waals surface area contributed by atoms with Crippen LogP contribution >= 0.6 is 11.3 Å². The molecule has 0 aliphatic rings. The van der Waals surface area contributed by atoms with Gasteiger partial charge >= 0.3 is 0 Å². The predicted octanol–water partition coefficient (Wildman–Crippen LogP) is 4.62. The SMILES string of the molecule is CCCNC(Cc1ccc(F)c(F)c1)c1ccc(C)s1. The van der Waals surface area contributed by atoms with Crippen LogP contribution in [-0.2, 0) is 6.42 Å². The summed E-state index contributed by atoms with van der Waals surface area (Å²) in [6.45, 7) is 5.09. The molecule has 1 aromatic heterocycles. The van der Waals surface area contributed by atoms with Gasteiger partial charge in [-0.3, -0.25) is 0 Å². The summed E-state index contributed by atoms with van der Waals surface area (Å²) in [5.41, 5.74) is 0.809. The van der Waals surface area contributed by atoms with Crippen molar-refractivity contribution in [3.63, 3.8) is 0 Å². The second-order valence-electron chi connectivity index (χ2n) is 4.91. The van der Waals surface area contributed by atoms with Gasteiger partial charge in [-0.2, -0.15) is 0 Å². The average Bonchev–Trinajstić information content (AvgIpc) is 2.85. The molecule has 20 heavy (non-hydrogen) atoms. The third kappa shape index (κ3) is 3.87. The van der Waals surface area contributed by atoms with Crippen LogP contribution in [0.4, 0.5) is 8.78 Å². The fourth-order valence-electron chi connectivity index (χ4n) is 2.13. The van der Waals surface area contributed by atoms with Crippen molar-refractivity contribution in [2.75, 3.05) is 6.54 Å². The quantitative estimate of drug-likeness (QED) is 0.820. The number of halogens is 2. The molecule has 0 aliphatic carbocycles. The molecule has 0 spiro atoms. The third-order valence-corrected chi connectivity index (χ3v) is 4.28. The lowest BCUT2D eigenvalue weighted by atomic mass is 10.0. The zero-order valence-electron chi connectivity index (χ0n) is 11.7. The van der Waals surface area contributed by atoms with Gasteiger partial charge in [0.05, 0.1) is 0 Å². The molecular weight excluding hydrogens is 276 g/mol. The van der Waals surface area contributed by atoms with Gasteiger partial charge < -0.3 is 5.32 Å². The standard InChI is InChI=1S/C16H19F2NS/c1-3-8-19-15(16-7-4-11(2)20-16)10-12-5-6-13(17)14(18)9-12/h4-7,9,15,19H,3,8,10H2,1-2H3. The van der Waals surface area contributed by atoms with Gasteiger partial charge in [0.25, 0.3) is 0 Å². The third-order valence-electron chi connectivity index (χ3n) is 3.17. The highest BCUT2D eigenvalue weighted by molar-refractivity contribution is 7.12. The molecule has 0 amide bonds. The highest BCUT2D eigenvalue weighted by atomic mass is 32.1. The Bertz CT molecular complexity index is 565. The molecule has 0 aliphatic heterocycles. The maximum absolute atomic E-state index is 13.3. The minimum absolute atomic E-state index is 0.151. The van der Waals surface area contributed by atoms with E-state index < -0.39 is 11.6 Å². The Balaban J connectivity index is 2.16. The molecule has 1 atom stereocenters. The van der Waals surface area contributed by atoms with Crippen molar-refractivity contribution in [1.29, 1.82) is 0 Å². The minimum atomic E-state index is -0.793. The fraction of sp³-hybridized carbons (Fsp3) is 0.375. The normalized spacial score (nSPS) is 12.6. The molecule has 2 aromatic rings. The Kier molecular flexibility index (Phi) is 5.26. The minimum Gasteiger partial charge on any atom is -0.309 e. The second kappa shape index (κ2) is 6.95. The van der Waals surface area contributed by atoms with Crippen LogP contribution in [-0.4, -0.2) is 6.54 Å². The summed E-state index contributed by atoms with van der Waals surface area (Å²) in [7, 11) is 0. The first-order valence-corrected chi connectivity index (χ1v) is 7.65. The van der Waals surface area contributed by atoms with E-state index in [-0.39, 0.29) is 6.04 Å². The summed E-state index contributed by atoms with van der Waals surface area (Å²) in [4.78, 5) is 2.49. The lowest BCUT2D eigenvalue weighted by Gasteiger charge is -2.17. The van der Waals surface area contributed by atoms with E-state index in [9.17, 15) is 8.78 Å². The molecule has 1 heterocycles. The highest BCUT2D eigenvalue weighted by Crippen LogP contribution is 2.26. The topological polar surface area (TPSA) is 12.0 Å². The molecule has 0 radical (unpaired) electrons. The molecule has 108 valence electrons. The van der Waals surface area contributed by atoms with E-state index >= 15 is 0 Å². The largest absolute Gasteiger partial charge is 0.309 e. The van der Waals surface area contributed by atoms with Gasteiger partial charge in [-0.05, 0) is 56.1 Å². The van der Waals surface area contributed by atoms with Crippen molar-refractivity contribution in [1.82, 2.24) is 5.32 Å². The van der Waals surface area contributed by atoms with Gasteiger partial charge in [0, 0.05) is 15.8 Å². The van der Waals surface area contributed by atoms with Gasteiger partial charge in [-0.25, -0.2) is 8.78 Å². The Hall–Kier alpha value is -1.26. The molecule has 1 nitrogen and oxygen atoms in total. The van der Waals surface area contributed by atoms with Gasteiger partial charge in [0.15, 0.2) is 11.6 Å². The number of hydrogen-bond acceptors (Lipinski definition) is 2. The zero-order valence-corrected chi connectivity index (χ0v) is 12.6. The molecule has 0 fully saturated rings. The van der Waals surface area contributed by atoms with Crippen LogP contribution in [0.5, 0.6) is 0 Å². The maximum Gasteiger partial charge on any atom is 0.159 e. The van der Waals surface area contributed by atoms with Gasteiger partial charge in [-0.1, -0.05) is 13.0 Å². The van der Waals surface area contributed by atoms with Crippen LogP contribution in [0.1, 0.15) is 34.7 Å². The van der Waals surface area contributed by atoms with Crippen molar-refractivity contribution in [3.05, 3.63) is 57.3 Å². The van der Waals surface area contributed by atoms with E-state index in [0.29, 0.717) is 6.42 Å². The summed E-state index contributed by atoms with van der Waals surface area (Å²) in [5.74, 6) is -1.57. The van der Waals surface area contributed by atoms with Crippen LogP contribution in [0.3, 0.4) is 0 Å². The summed E-state index contributed by atoms with van der Waals surface area (Å²) in [6, 6.07) is 8.48. The summed E-state index contributed by atoms with van der Waals surface area (Å²) >= 11 is 1.74. The van der Waals surface area contributed by atoms with Crippen molar-refractivity contribution in [3.8, 4) is 0 Å². The van der Waals surface area contributed by atoms with Gasteiger partial charge in [-0.15, -0.1) is 11.3 Å². The monoisotopic (exact) mass is 295 g/mol. The van der Waals surface area contributed by atoms with E-state index in [1.165, 1.54) is 21.9 Å². The Morgan fingerprint density at radius 3 is 2.55 bits per heavy atom. The first-order chi connectivity index (χ1) is 9.60. The van der Waals surface area contributed by atoms with Crippen LogP contribution in [0.2, 0.25) is 0 Å². The van der Waals surface area contributed by atoms with E-state index in [4.69, 9.17) is 0 Å². The molecule has 0 saturated carbocycles. The molecule has 4 heteroatoms. The molecular formula is C16H19F2NS. The summed E-state index contributed by atoms with van der Waals surface area (Å²) in [6.07, 6.45) is 1.70. The fourth-order valence-corrected chi connectivity index (χ4v) is 3.09. The van der Waals surface area contributed by atoms with Crippen LogP contribution in [0, 0.1) is 18.6 Å². The lowest BCUT2D eigenvalue weighted by Crippen LogP contribution is -2.23. The van der Waals surface area contributed by atoms with Crippen LogP contribution in [0.25, 0.3) is 0 Å². The predicted molar refractivity (Wildman–Crippen MR) is 80.2 cm³/mol. The summed E-state index contributed by atoms with van der Waals surface area (Å²) in [5, 5.41) is 3.48. The van der Waals surface area contributed by atoms with E-state index in [0.717, 1.165) is 18.5 Å². The molecule has 2 rings (SSSR count). The number of rotatable bonds is 6. The van der Waals surface area contributed by atoms with Crippen LogP contribution in [0.15, 0.2) is 30.3 Å². The number of hydrogen-bond donors (Lipinski definition) is 1. The molecule has 0 saturated heterocycles. The number of thiophene rings is 1. The highest BCUT2D eigenvalue weighted by Gasteiger charge is 2.14. The Morgan fingerprint density at radius 1 is 1.15 bits per heavy atom. The average molecular weight is 295 g/mol. The van der Waals surface area contributed by atoms with Crippen LogP contribution < -0.4 is 5.32 Å². The summed E-state index contributed by atoms with van der Waals surface area (Å²) < 4.78 is 26.3. The first kappa shape index (κ1) is 15.1. The molecule has 1 N–H and O–H groups in total. The Labute approximate surface area is 122 Å². The smallest absolute Gasteiger partial charge is 0.159 e. The van der Waals surface area contributed by atoms with E-state index in [1.807, 2.05) is 0 Å². The zero-order chi connectivity index (χ0) is 14.5. The van der Waals surface area contributed by atoms with E-state index in [2.05, 4.69) is 31.3 Å². The van der Waals surface area contributed by atoms with Crippen molar-refractivity contribution in [2.24, 2.45) is 0 Å².